The van der Waals surface area contributed by atoms with E-state index in [1.165, 1.54) is 57.8 Å². The summed E-state index contributed by atoms with van der Waals surface area (Å²) in [7, 11) is 0. The van der Waals surface area contributed by atoms with Gasteiger partial charge in [0.2, 0.25) is 0 Å². The van der Waals surface area contributed by atoms with Crippen LogP contribution in [0.4, 0.5) is 0 Å². The largest absolute Gasteiger partial charge is 0.461 e. The molecular weight excluding hydrogens is 568 g/mol. The standard InChI is InChI=1S/C40H74N4O2/c1-29(2)12-9-13-30(3)35-16-17-36-34-15-14-32-28-33(18-20-39(32,5)37(34)19-21-40(35,36)6)46-38(45)31(4)44(27-11-23-42)26-8-7-24-43-25-10-22-41/h14,29-31,33-37,43H,7-13,15-28,41-42H2,1-6H3/t30-,31+,33+,34+,35-,36+,37+,39+,40-/m1/s1. The number of allylic oxidation sites excluding steroid dienone is 1. The second-order valence-electron chi connectivity index (χ2n) is 17.0. The van der Waals surface area contributed by atoms with Crippen LogP contribution in [0.25, 0.3) is 0 Å². The van der Waals surface area contributed by atoms with Gasteiger partial charge < -0.3 is 21.5 Å². The molecule has 0 aromatic rings. The third kappa shape index (κ3) is 8.98. The molecule has 0 unspecified atom stereocenters. The van der Waals surface area contributed by atoms with Gasteiger partial charge in [-0.05, 0) is 157 Å². The summed E-state index contributed by atoms with van der Waals surface area (Å²) in [5, 5.41) is 3.47. The molecule has 0 aromatic carbocycles. The minimum Gasteiger partial charge on any atom is -0.461 e. The molecule has 4 aliphatic rings. The highest BCUT2D eigenvalue weighted by Gasteiger charge is 2.59. The highest BCUT2D eigenvalue weighted by atomic mass is 16.5. The molecule has 0 saturated heterocycles. The number of esters is 1. The lowest BCUT2D eigenvalue weighted by Gasteiger charge is -2.58. The van der Waals surface area contributed by atoms with E-state index in [0.29, 0.717) is 12.0 Å². The first-order valence-corrected chi connectivity index (χ1v) is 19.8. The van der Waals surface area contributed by atoms with E-state index in [0.717, 1.165) is 107 Å². The van der Waals surface area contributed by atoms with E-state index in [1.54, 1.807) is 5.57 Å². The summed E-state index contributed by atoms with van der Waals surface area (Å²) in [5.41, 5.74) is 13.9. The second kappa shape index (κ2) is 17.6. The number of carbonyl (C=O) groups excluding carboxylic acids is 1. The molecule has 0 aromatic heterocycles. The van der Waals surface area contributed by atoms with Crippen molar-refractivity contribution in [2.45, 2.75) is 150 Å². The summed E-state index contributed by atoms with van der Waals surface area (Å²) in [5.74, 6) is 5.07. The van der Waals surface area contributed by atoms with Crippen LogP contribution in [0.15, 0.2) is 11.6 Å². The summed E-state index contributed by atoms with van der Waals surface area (Å²) in [6.07, 6.45) is 21.0. The fraction of sp³-hybridized carbons (Fsp3) is 0.925. The van der Waals surface area contributed by atoms with E-state index in [2.05, 4.69) is 50.9 Å². The molecule has 266 valence electrons. The van der Waals surface area contributed by atoms with E-state index in [9.17, 15) is 4.79 Å². The van der Waals surface area contributed by atoms with Gasteiger partial charge in [-0.25, -0.2) is 0 Å². The second-order valence-corrected chi connectivity index (χ2v) is 17.0. The number of carbonyl (C=O) groups is 1. The number of hydrogen-bond donors (Lipinski definition) is 3. The maximum atomic E-state index is 13.5. The van der Waals surface area contributed by atoms with Crippen molar-refractivity contribution in [3.05, 3.63) is 11.6 Å². The fourth-order valence-electron chi connectivity index (χ4n) is 10.9. The van der Waals surface area contributed by atoms with Crippen LogP contribution in [0.5, 0.6) is 0 Å². The molecule has 0 bridgehead atoms. The molecule has 0 aliphatic heterocycles. The van der Waals surface area contributed by atoms with Gasteiger partial charge in [-0.1, -0.05) is 65.5 Å². The van der Waals surface area contributed by atoms with Gasteiger partial charge >= 0.3 is 5.97 Å². The van der Waals surface area contributed by atoms with Crippen LogP contribution >= 0.6 is 0 Å². The minimum atomic E-state index is -0.228. The third-order valence-electron chi connectivity index (χ3n) is 13.7. The van der Waals surface area contributed by atoms with Gasteiger partial charge in [0.15, 0.2) is 0 Å². The molecule has 4 aliphatic carbocycles. The number of hydrogen-bond acceptors (Lipinski definition) is 6. The Morgan fingerprint density at radius 3 is 2.39 bits per heavy atom. The van der Waals surface area contributed by atoms with Gasteiger partial charge in [0.1, 0.15) is 12.1 Å². The molecule has 6 nitrogen and oxygen atoms in total. The van der Waals surface area contributed by atoms with Gasteiger partial charge in [-0.15, -0.1) is 0 Å². The highest BCUT2D eigenvalue weighted by Crippen LogP contribution is 2.67. The monoisotopic (exact) mass is 643 g/mol. The van der Waals surface area contributed by atoms with Crippen LogP contribution in [0.3, 0.4) is 0 Å². The van der Waals surface area contributed by atoms with Crippen molar-refractivity contribution in [2.24, 2.45) is 57.8 Å². The lowest BCUT2D eigenvalue weighted by Crippen LogP contribution is -2.51. The molecule has 5 N–H and O–H groups in total. The summed E-state index contributed by atoms with van der Waals surface area (Å²) in [6, 6.07) is -0.228. The van der Waals surface area contributed by atoms with E-state index >= 15 is 0 Å². The number of ether oxygens (including phenoxy) is 1. The molecule has 46 heavy (non-hydrogen) atoms. The van der Waals surface area contributed by atoms with Crippen LogP contribution in [-0.4, -0.2) is 62.3 Å². The van der Waals surface area contributed by atoms with Crippen LogP contribution in [0.1, 0.15) is 138 Å². The van der Waals surface area contributed by atoms with Crippen LogP contribution in [0, 0.1) is 46.3 Å². The number of nitrogens with zero attached hydrogens (tertiary/aromatic N) is 1. The zero-order valence-corrected chi connectivity index (χ0v) is 31.0. The lowest BCUT2D eigenvalue weighted by molar-refractivity contribution is -0.157. The highest BCUT2D eigenvalue weighted by molar-refractivity contribution is 5.75. The van der Waals surface area contributed by atoms with Gasteiger partial charge in [0.05, 0.1) is 0 Å². The fourth-order valence-corrected chi connectivity index (χ4v) is 10.9. The minimum absolute atomic E-state index is 0.0188. The SMILES string of the molecule is CC(C)CCC[C@@H](C)[C@H]1CC[C@H]2[C@@H]3CC=C4C[C@@H](OC(=O)[C@H](C)N(CCCN)CCCCNCCCN)CC[C@]4(C)[C@H]3CC[C@]12C. The molecule has 0 amide bonds. The summed E-state index contributed by atoms with van der Waals surface area (Å²) in [6.45, 7) is 19.7. The van der Waals surface area contributed by atoms with Gasteiger partial charge in [-0.2, -0.15) is 0 Å². The van der Waals surface area contributed by atoms with Crippen molar-refractivity contribution in [3.63, 3.8) is 0 Å². The average molecular weight is 643 g/mol. The summed E-state index contributed by atoms with van der Waals surface area (Å²) in [4.78, 5) is 15.8. The molecule has 0 spiro atoms. The predicted molar refractivity (Wildman–Crippen MR) is 193 cm³/mol. The Hall–Kier alpha value is -0.950. The number of nitrogens with two attached hydrogens (primary N) is 2. The Morgan fingerprint density at radius 1 is 0.913 bits per heavy atom. The lowest BCUT2D eigenvalue weighted by atomic mass is 9.47. The Morgan fingerprint density at radius 2 is 1.65 bits per heavy atom. The Labute approximate surface area is 284 Å². The van der Waals surface area contributed by atoms with Crippen LogP contribution in [-0.2, 0) is 9.53 Å². The average Bonchev–Trinajstić information content (AvgIpc) is 3.39. The number of fused-ring (bicyclic) bond motifs is 5. The first-order chi connectivity index (χ1) is 22.0. The summed E-state index contributed by atoms with van der Waals surface area (Å²) >= 11 is 0. The maximum Gasteiger partial charge on any atom is 0.323 e. The van der Waals surface area contributed by atoms with Crippen molar-refractivity contribution >= 4 is 5.97 Å². The van der Waals surface area contributed by atoms with Crippen LogP contribution in [0.2, 0.25) is 0 Å². The van der Waals surface area contributed by atoms with Gasteiger partial charge in [-0.3, -0.25) is 9.69 Å². The zero-order chi connectivity index (χ0) is 33.3. The summed E-state index contributed by atoms with van der Waals surface area (Å²) < 4.78 is 6.31. The van der Waals surface area contributed by atoms with Gasteiger partial charge in [0.25, 0.3) is 0 Å². The van der Waals surface area contributed by atoms with E-state index < -0.39 is 0 Å². The van der Waals surface area contributed by atoms with E-state index in [1.807, 2.05) is 6.92 Å². The number of nitrogens with one attached hydrogen (secondary N) is 1. The van der Waals surface area contributed by atoms with Crippen molar-refractivity contribution < 1.29 is 9.53 Å². The topological polar surface area (TPSA) is 93.6 Å². The Bertz CT molecular complexity index is 969. The first-order valence-electron chi connectivity index (χ1n) is 19.8. The maximum absolute atomic E-state index is 13.5. The Balaban J connectivity index is 1.31. The normalized spacial score (nSPS) is 33.7. The van der Waals surface area contributed by atoms with Crippen LogP contribution < -0.4 is 16.8 Å². The zero-order valence-electron chi connectivity index (χ0n) is 31.0. The molecule has 9 atom stereocenters. The quantitative estimate of drug-likeness (QED) is 0.0760. The smallest absolute Gasteiger partial charge is 0.323 e. The van der Waals surface area contributed by atoms with Crippen molar-refractivity contribution in [1.29, 1.82) is 0 Å². The molecule has 0 radical (unpaired) electrons. The van der Waals surface area contributed by atoms with E-state index in [4.69, 9.17) is 16.2 Å². The Kier molecular flexibility index (Phi) is 14.5. The number of rotatable bonds is 19. The van der Waals surface area contributed by atoms with Crippen molar-refractivity contribution in [3.8, 4) is 0 Å². The van der Waals surface area contributed by atoms with Crippen molar-refractivity contribution in [1.82, 2.24) is 10.2 Å². The first kappa shape index (κ1) is 37.9. The molecule has 0 heterocycles. The molecule has 6 heteroatoms. The number of unbranched alkanes of at least 4 members (excludes halogenated alkanes) is 1. The van der Waals surface area contributed by atoms with E-state index in [-0.39, 0.29) is 23.5 Å². The predicted octanol–water partition coefficient (Wildman–Crippen LogP) is 7.70. The molecular formula is C40H74N4O2. The molecule has 3 saturated carbocycles. The third-order valence-corrected chi connectivity index (χ3v) is 13.7. The molecule has 4 rings (SSSR count). The van der Waals surface area contributed by atoms with Crippen molar-refractivity contribution in [2.75, 3.05) is 39.3 Å². The van der Waals surface area contributed by atoms with Gasteiger partial charge in [0, 0.05) is 13.0 Å². The molecule has 3 fully saturated rings.